The van der Waals surface area contributed by atoms with Crippen LogP contribution in [-0.4, -0.2) is 23.5 Å². The van der Waals surface area contributed by atoms with Gasteiger partial charge in [-0.2, -0.15) is 0 Å². The van der Waals surface area contributed by atoms with E-state index in [1.54, 1.807) is 12.3 Å². The van der Waals surface area contributed by atoms with Crippen molar-refractivity contribution >= 4 is 17.6 Å². The van der Waals surface area contributed by atoms with E-state index in [2.05, 4.69) is 10.6 Å². The van der Waals surface area contributed by atoms with Crippen LogP contribution in [0.15, 0.2) is 77.4 Å². The van der Waals surface area contributed by atoms with Gasteiger partial charge in [-0.25, -0.2) is 0 Å². The molecule has 0 saturated carbocycles. The summed E-state index contributed by atoms with van der Waals surface area (Å²) < 4.78 is 11.6. The zero-order valence-corrected chi connectivity index (χ0v) is 18.3. The Hall–Kier alpha value is -3.38. The number of ether oxygens (including phenoxy) is 1. The van der Waals surface area contributed by atoms with Gasteiger partial charge in [0.05, 0.1) is 12.3 Å². The molecule has 0 unspecified atom stereocenters. The molecule has 1 aromatic heterocycles. The number of carbonyl (C=O) groups excluding carboxylic acids is 2. The van der Waals surface area contributed by atoms with Crippen LogP contribution in [0, 0.1) is 0 Å². The van der Waals surface area contributed by atoms with E-state index >= 15 is 0 Å². The molecule has 1 saturated heterocycles. The van der Waals surface area contributed by atoms with Crippen LogP contribution in [0.2, 0.25) is 0 Å². The minimum atomic E-state index is -1.09. The van der Waals surface area contributed by atoms with Crippen molar-refractivity contribution in [1.29, 1.82) is 0 Å². The normalized spacial score (nSPS) is 26.7. The summed E-state index contributed by atoms with van der Waals surface area (Å²) in [6, 6.07) is 19.7. The second-order valence-corrected chi connectivity index (χ2v) is 9.38. The van der Waals surface area contributed by atoms with Crippen LogP contribution in [0.5, 0.6) is 0 Å². The summed E-state index contributed by atoms with van der Waals surface area (Å²) in [4.78, 5) is 27.3. The molecule has 1 fully saturated rings. The van der Waals surface area contributed by atoms with Crippen molar-refractivity contribution in [2.24, 2.45) is 0 Å². The third-order valence-electron chi connectivity index (χ3n) is 6.27. The maximum Gasteiger partial charge on any atom is 0.324 e. The van der Waals surface area contributed by atoms with Crippen molar-refractivity contribution in [2.45, 2.75) is 49.8 Å². The van der Waals surface area contributed by atoms with Gasteiger partial charge in [0.1, 0.15) is 22.8 Å². The van der Waals surface area contributed by atoms with Gasteiger partial charge in [0.2, 0.25) is 5.91 Å². The molecule has 0 radical (unpaired) electrons. The molecule has 32 heavy (non-hydrogen) atoms. The van der Waals surface area contributed by atoms with E-state index in [-0.39, 0.29) is 5.91 Å². The van der Waals surface area contributed by atoms with Crippen molar-refractivity contribution in [1.82, 2.24) is 5.32 Å². The predicted molar refractivity (Wildman–Crippen MR) is 120 cm³/mol. The van der Waals surface area contributed by atoms with E-state index < -0.39 is 35.0 Å². The van der Waals surface area contributed by atoms with Gasteiger partial charge in [0, 0.05) is 11.6 Å². The molecule has 5 rings (SSSR count). The molecule has 0 bridgehead atoms. The van der Waals surface area contributed by atoms with E-state index in [1.165, 1.54) is 0 Å². The minimum absolute atomic E-state index is 0.160. The zero-order valence-electron chi connectivity index (χ0n) is 18.3. The van der Waals surface area contributed by atoms with Crippen LogP contribution in [0.25, 0.3) is 0 Å². The Bertz CT molecular complexity index is 1150. The predicted octanol–water partition coefficient (Wildman–Crippen LogP) is 4.31. The number of fused-ring (bicyclic) bond motifs is 2. The van der Waals surface area contributed by atoms with Gasteiger partial charge < -0.3 is 14.5 Å². The lowest BCUT2D eigenvalue weighted by Crippen LogP contribution is -2.44. The molecule has 3 aromatic rings. The maximum atomic E-state index is 13.9. The number of rotatable bonds is 3. The SMILES string of the molecule is CC(C)(C)OC(=O)[C@H]1N[C@H](c2ccco2)[C@@]2(C(=O)Nc3ccccc32)[C@@H]1c1ccccc1. The molecule has 3 heterocycles. The number of nitrogens with one attached hydrogen (secondary N) is 2. The fourth-order valence-corrected chi connectivity index (χ4v) is 5.19. The van der Waals surface area contributed by atoms with E-state index in [9.17, 15) is 9.59 Å². The summed E-state index contributed by atoms with van der Waals surface area (Å²) >= 11 is 0. The van der Waals surface area contributed by atoms with Gasteiger partial charge in [-0.3, -0.25) is 14.9 Å². The molecule has 6 heteroatoms. The van der Waals surface area contributed by atoms with Crippen molar-refractivity contribution in [3.63, 3.8) is 0 Å². The molecular formula is C26H26N2O4. The molecule has 2 aliphatic rings. The Kier molecular flexibility index (Phi) is 4.71. The van der Waals surface area contributed by atoms with Crippen LogP contribution in [0.1, 0.15) is 49.6 Å². The van der Waals surface area contributed by atoms with Crippen LogP contribution in [0.3, 0.4) is 0 Å². The van der Waals surface area contributed by atoms with Crippen molar-refractivity contribution in [3.8, 4) is 0 Å². The van der Waals surface area contributed by atoms with Gasteiger partial charge in [-0.1, -0.05) is 48.5 Å². The molecule has 2 aromatic carbocycles. The second kappa shape index (κ2) is 7.35. The molecular weight excluding hydrogens is 404 g/mol. The Balaban J connectivity index is 1.76. The number of amides is 1. The first-order chi connectivity index (χ1) is 15.3. The molecule has 2 aliphatic heterocycles. The largest absolute Gasteiger partial charge is 0.468 e. The number of benzene rings is 2. The lowest BCUT2D eigenvalue weighted by Gasteiger charge is -2.34. The van der Waals surface area contributed by atoms with Crippen LogP contribution in [-0.2, 0) is 19.7 Å². The third kappa shape index (κ3) is 3.06. The van der Waals surface area contributed by atoms with E-state index in [0.717, 1.165) is 16.8 Å². The summed E-state index contributed by atoms with van der Waals surface area (Å²) in [5.41, 5.74) is 0.737. The van der Waals surface area contributed by atoms with Gasteiger partial charge in [-0.05, 0) is 50.1 Å². The Morgan fingerprint density at radius 3 is 2.41 bits per heavy atom. The molecule has 1 spiro atoms. The maximum absolute atomic E-state index is 13.9. The number of furan rings is 1. The first-order valence-corrected chi connectivity index (χ1v) is 10.8. The van der Waals surface area contributed by atoms with Gasteiger partial charge in [-0.15, -0.1) is 0 Å². The fourth-order valence-electron chi connectivity index (χ4n) is 5.19. The average Bonchev–Trinajstić information content (AvgIpc) is 3.46. The number of hydrogen-bond donors (Lipinski definition) is 2. The lowest BCUT2D eigenvalue weighted by molar-refractivity contribution is -0.157. The summed E-state index contributed by atoms with van der Waals surface area (Å²) in [5, 5.41) is 6.50. The van der Waals surface area contributed by atoms with E-state index in [1.807, 2.05) is 81.4 Å². The topological polar surface area (TPSA) is 80.6 Å². The van der Waals surface area contributed by atoms with Crippen molar-refractivity contribution < 1.29 is 18.7 Å². The Morgan fingerprint density at radius 2 is 1.72 bits per heavy atom. The van der Waals surface area contributed by atoms with Gasteiger partial charge in [0.15, 0.2) is 0 Å². The standard InChI is InChI=1S/C26H26N2O4/c1-25(2,3)32-23(29)21-20(16-10-5-4-6-11-16)26(22(28-21)19-14-9-15-31-19)17-12-7-8-13-18(17)27-24(26)30/h4-15,20-22,28H,1-3H3,(H,27,30)/t20-,21+,22-,26+/m1/s1. The average molecular weight is 431 g/mol. The van der Waals surface area contributed by atoms with Crippen molar-refractivity contribution in [2.75, 3.05) is 5.32 Å². The van der Waals surface area contributed by atoms with Gasteiger partial charge >= 0.3 is 5.97 Å². The number of para-hydroxylation sites is 1. The van der Waals surface area contributed by atoms with E-state index in [4.69, 9.17) is 9.15 Å². The first kappa shape index (κ1) is 20.5. The quantitative estimate of drug-likeness (QED) is 0.606. The number of carbonyl (C=O) groups is 2. The molecule has 4 atom stereocenters. The summed E-state index contributed by atoms with van der Waals surface area (Å²) in [7, 11) is 0. The number of hydrogen-bond acceptors (Lipinski definition) is 5. The van der Waals surface area contributed by atoms with E-state index in [0.29, 0.717) is 5.76 Å². The summed E-state index contributed by atoms with van der Waals surface area (Å²) in [5.74, 6) is -0.453. The molecule has 1 amide bonds. The first-order valence-electron chi connectivity index (χ1n) is 10.8. The zero-order chi connectivity index (χ0) is 22.5. The van der Waals surface area contributed by atoms with Gasteiger partial charge in [0.25, 0.3) is 0 Å². The number of anilines is 1. The number of esters is 1. The van der Waals surface area contributed by atoms with Crippen molar-refractivity contribution in [3.05, 3.63) is 89.9 Å². The fraction of sp³-hybridized carbons (Fsp3) is 0.308. The second-order valence-electron chi connectivity index (χ2n) is 9.38. The Morgan fingerprint density at radius 1 is 1.00 bits per heavy atom. The highest BCUT2D eigenvalue weighted by Crippen LogP contribution is 2.59. The molecule has 164 valence electrons. The third-order valence-corrected chi connectivity index (χ3v) is 6.27. The van der Waals surface area contributed by atoms with Crippen LogP contribution < -0.4 is 10.6 Å². The molecule has 0 aliphatic carbocycles. The summed E-state index contributed by atoms with van der Waals surface area (Å²) in [6.45, 7) is 5.53. The van der Waals surface area contributed by atoms with Crippen LogP contribution in [0.4, 0.5) is 5.69 Å². The molecule has 6 nitrogen and oxygen atoms in total. The molecule has 2 N–H and O–H groups in total. The smallest absolute Gasteiger partial charge is 0.324 e. The van der Waals surface area contributed by atoms with Crippen LogP contribution >= 0.6 is 0 Å². The highest BCUT2D eigenvalue weighted by molar-refractivity contribution is 6.09. The lowest BCUT2D eigenvalue weighted by atomic mass is 9.64. The monoisotopic (exact) mass is 430 g/mol. The highest BCUT2D eigenvalue weighted by Gasteiger charge is 2.67. The highest BCUT2D eigenvalue weighted by atomic mass is 16.6. The summed E-state index contributed by atoms with van der Waals surface area (Å²) in [6.07, 6.45) is 1.59. The minimum Gasteiger partial charge on any atom is -0.468 e. The Labute approximate surface area is 187 Å².